The van der Waals surface area contributed by atoms with Crippen molar-refractivity contribution in [1.29, 1.82) is 5.26 Å². The molecule has 0 radical (unpaired) electrons. The standard InChI is InChI=1S/C51H49Cl2N5O5S2.CH4O.CH2O/c1-32-50(64-51(57-32)56-28-35-5-3-2-4-6-35)65(60)58-29-41-26-47-46(62-31-48(63-47)39-16-18-42(19-17-39)61-30-36-11-20-43(52)44(53)23-36)25-40(41)24-45(58)49(59)55-22-21-33-7-12-37(13-8-33)38-14-9-34(27-54)10-15-38;2*1-2/h7-20,23,25-26,35,45,48H,2-6,21-22,24,28-31H2,1H3,(H,55,59)(H,56,57);2H,1H3;1H2. The van der Waals surface area contributed by atoms with Crippen molar-refractivity contribution in [3.63, 3.8) is 0 Å². The molecule has 0 saturated heterocycles. The summed E-state index contributed by atoms with van der Waals surface area (Å²) in [5.41, 5.74) is 8.22. The van der Waals surface area contributed by atoms with Crippen molar-refractivity contribution in [1.82, 2.24) is 14.6 Å². The number of aromatic nitrogens is 1. The quantitative estimate of drug-likeness (QED) is 0.0957. The normalized spacial score (nSPS) is 16.8. The van der Waals surface area contributed by atoms with Gasteiger partial charge in [-0.3, -0.25) is 4.79 Å². The van der Waals surface area contributed by atoms with Crippen LogP contribution in [0.3, 0.4) is 0 Å². The average Bonchev–Trinajstić information content (AvgIpc) is 3.78. The molecular weight excluding hydrogens is 954 g/mol. The second-order valence-electron chi connectivity index (χ2n) is 16.8. The second-order valence-corrected chi connectivity index (χ2v) is 20.3. The minimum atomic E-state index is -1.67. The number of amides is 1. The third-order valence-electron chi connectivity index (χ3n) is 12.4. The highest BCUT2D eigenvalue weighted by molar-refractivity contribution is 7.85. The summed E-state index contributed by atoms with van der Waals surface area (Å²) in [5.74, 6) is 2.35. The lowest BCUT2D eigenvalue weighted by Crippen LogP contribution is -2.51. The summed E-state index contributed by atoms with van der Waals surface area (Å²) in [6, 6.07) is 34.3. The predicted octanol–water partition coefficient (Wildman–Crippen LogP) is 10.6. The van der Waals surface area contributed by atoms with E-state index in [1.807, 2.05) is 80.4 Å². The number of nitriles is 1. The number of aliphatic hydroxyl groups excluding tert-OH is 1. The molecule has 0 bridgehead atoms. The number of aliphatic hydroxyl groups is 1. The van der Waals surface area contributed by atoms with E-state index in [9.17, 15) is 9.00 Å². The molecule has 3 atom stereocenters. The zero-order valence-corrected chi connectivity index (χ0v) is 41.7. The van der Waals surface area contributed by atoms with Crippen LogP contribution in [0.15, 0.2) is 107 Å². The third-order valence-corrected chi connectivity index (χ3v) is 16.1. The highest BCUT2D eigenvalue weighted by atomic mass is 35.5. The number of nitrogens with zero attached hydrogens (tertiary/aromatic N) is 3. The van der Waals surface area contributed by atoms with Crippen LogP contribution >= 0.6 is 34.5 Å². The van der Waals surface area contributed by atoms with E-state index in [0.717, 1.165) is 57.7 Å². The van der Waals surface area contributed by atoms with Crippen LogP contribution in [0, 0.1) is 24.2 Å². The number of carbonyl (C=O) groups is 2. The van der Waals surface area contributed by atoms with Crippen LogP contribution in [0.25, 0.3) is 11.1 Å². The SMILES string of the molecule is C=O.CO.Cc1nc(NCC2CCCCC2)sc1S(=O)N1Cc2cc3c(cc2CC1C(=O)NCCc1ccc(-c2ccc(C#N)cc2)cc1)OCC(c1ccc(OCc2ccc(Cl)c(Cl)c2)cc1)O3. The smallest absolute Gasteiger partial charge is 0.238 e. The number of thiazole rings is 1. The number of carbonyl (C=O) groups excluding carboxylic acids is 2. The highest BCUT2D eigenvalue weighted by Crippen LogP contribution is 2.42. The van der Waals surface area contributed by atoms with Gasteiger partial charge in [-0.2, -0.15) is 5.26 Å². The fourth-order valence-electron chi connectivity index (χ4n) is 8.66. The van der Waals surface area contributed by atoms with Crippen molar-refractivity contribution in [3.05, 3.63) is 152 Å². The van der Waals surface area contributed by atoms with E-state index in [0.29, 0.717) is 81.3 Å². The Kier molecular flexibility index (Phi) is 18.3. The molecule has 69 heavy (non-hydrogen) atoms. The number of anilines is 1. The van der Waals surface area contributed by atoms with Crippen LogP contribution in [-0.4, -0.2) is 64.1 Å². The second kappa shape index (κ2) is 24.7. The Hall–Kier alpha value is -5.79. The lowest BCUT2D eigenvalue weighted by atomic mass is 9.89. The molecule has 3 unspecified atom stereocenters. The van der Waals surface area contributed by atoms with E-state index in [2.05, 4.69) is 41.0 Å². The highest BCUT2D eigenvalue weighted by Gasteiger charge is 2.38. The lowest BCUT2D eigenvalue weighted by Gasteiger charge is -2.36. The molecule has 0 spiro atoms. The van der Waals surface area contributed by atoms with Crippen molar-refractivity contribution < 1.29 is 33.1 Å². The molecule has 1 fully saturated rings. The monoisotopic (exact) mass is 1010 g/mol. The first-order valence-electron chi connectivity index (χ1n) is 22.8. The average molecular weight is 1010 g/mol. The summed E-state index contributed by atoms with van der Waals surface area (Å²) in [6.45, 7) is 6.09. The molecule has 9 rings (SSSR count). The van der Waals surface area contributed by atoms with Crippen molar-refractivity contribution in [2.45, 2.75) is 81.4 Å². The summed E-state index contributed by atoms with van der Waals surface area (Å²) < 4.78 is 36.1. The Balaban J connectivity index is 0.00000171. The molecule has 360 valence electrons. The van der Waals surface area contributed by atoms with E-state index >= 15 is 0 Å². The number of nitrogens with one attached hydrogen (secondary N) is 2. The van der Waals surface area contributed by atoms with Gasteiger partial charge in [0.15, 0.2) is 22.7 Å². The first-order valence-corrected chi connectivity index (χ1v) is 25.5. The molecule has 1 saturated carbocycles. The number of hydrogen-bond donors (Lipinski definition) is 3. The summed E-state index contributed by atoms with van der Waals surface area (Å²) in [5, 5.41) is 24.6. The van der Waals surface area contributed by atoms with Gasteiger partial charge in [0, 0.05) is 26.7 Å². The number of benzene rings is 5. The zero-order chi connectivity index (χ0) is 48.9. The number of fused-ring (bicyclic) bond motifs is 2. The van der Waals surface area contributed by atoms with Crippen LogP contribution < -0.4 is 24.8 Å². The van der Waals surface area contributed by atoms with Gasteiger partial charge in [-0.25, -0.2) is 13.5 Å². The van der Waals surface area contributed by atoms with Crippen molar-refractivity contribution >= 4 is 63.4 Å². The first kappa shape index (κ1) is 51.1. The van der Waals surface area contributed by atoms with Crippen molar-refractivity contribution in [2.75, 3.05) is 32.1 Å². The Labute approximate surface area is 420 Å². The summed E-state index contributed by atoms with van der Waals surface area (Å²) in [7, 11) is -0.674. The minimum absolute atomic E-state index is 0.185. The molecule has 1 aliphatic carbocycles. The maximum atomic E-state index is 14.8. The summed E-state index contributed by atoms with van der Waals surface area (Å²) >= 11 is 13.7. The Morgan fingerprint density at radius 1 is 0.913 bits per heavy atom. The van der Waals surface area contributed by atoms with Crippen molar-refractivity contribution in [2.24, 2.45) is 5.92 Å². The summed E-state index contributed by atoms with van der Waals surface area (Å²) in [6.07, 6.45) is 6.87. The largest absolute Gasteiger partial charge is 0.489 e. The number of aryl methyl sites for hydroxylation is 1. The van der Waals surface area contributed by atoms with Crippen LogP contribution in [0.4, 0.5) is 5.13 Å². The Morgan fingerprint density at radius 2 is 1.59 bits per heavy atom. The van der Waals surface area contributed by atoms with Crippen molar-refractivity contribution in [3.8, 4) is 34.4 Å². The van der Waals surface area contributed by atoms with E-state index in [1.54, 1.807) is 16.4 Å². The molecule has 3 N–H and O–H groups in total. The van der Waals surface area contributed by atoms with Crippen LogP contribution in [-0.2, 0) is 46.6 Å². The Morgan fingerprint density at radius 3 is 2.29 bits per heavy atom. The van der Waals surface area contributed by atoms with Gasteiger partial charge < -0.3 is 34.7 Å². The summed E-state index contributed by atoms with van der Waals surface area (Å²) in [4.78, 5) is 27.0. The predicted molar refractivity (Wildman–Crippen MR) is 272 cm³/mol. The van der Waals surface area contributed by atoms with Crippen LogP contribution in [0.5, 0.6) is 17.2 Å². The maximum absolute atomic E-state index is 14.8. The number of rotatable bonds is 14. The molecule has 6 aromatic rings. The van der Waals surface area contributed by atoms with E-state index < -0.39 is 17.0 Å². The molecule has 3 aliphatic rings. The van der Waals surface area contributed by atoms with Gasteiger partial charge in [0.1, 0.15) is 47.0 Å². The van der Waals surface area contributed by atoms with Crippen LogP contribution in [0.1, 0.15) is 77.3 Å². The van der Waals surface area contributed by atoms with Crippen LogP contribution in [0.2, 0.25) is 10.0 Å². The minimum Gasteiger partial charge on any atom is -0.489 e. The van der Waals surface area contributed by atoms with Gasteiger partial charge in [-0.1, -0.05) is 108 Å². The van der Waals surface area contributed by atoms with E-state index in [4.69, 9.17) is 57.6 Å². The van der Waals surface area contributed by atoms with Gasteiger partial charge in [0.2, 0.25) is 5.91 Å². The lowest BCUT2D eigenvalue weighted by molar-refractivity contribution is -0.125. The molecule has 5 aromatic carbocycles. The maximum Gasteiger partial charge on any atom is 0.238 e. The molecule has 12 nitrogen and oxygen atoms in total. The Bertz CT molecular complexity index is 2740. The van der Waals surface area contributed by atoms with Gasteiger partial charge in [-0.05, 0) is 126 Å². The molecule has 16 heteroatoms. The third kappa shape index (κ3) is 12.9. The van der Waals surface area contributed by atoms with Gasteiger partial charge in [0.25, 0.3) is 0 Å². The van der Waals surface area contributed by atoms with Gasteiger partial charge >= 0.3 is 0 Å². The fourth-order valence-corrected chi connectivity index (χ4v) is 11.7. The number of ether oxygens (including phenoxy) is 3. The molecule has 3 heterocycles. The topological polar surface area (TPSA) is 163 Å². The molecule has 1 aromatic heterocycles. The molecular formula is C53H55Cl2N5O7S2. The number of halogens is 2. The van der Waals surface area contributed by atoms with E-state index in [1.165, 1.54) is 43.4 Å². The molecule has 2 aliphatic heterocycles. The molecule has 1 amide bonds. The number of hydrogen-bond acceptors (Lipinski definition) is 11. The van der Waals surface area contributed by atoms with E-state index in [-0.39, 0.29) is 18.6 Å². The zero-order valence-electron chi connectivity index (χ0n) is 38.6. The van der Waals surface area contributed by atoms with Gasteiger partial charge in [-0.15, -0.1) is 0 Å². The van der Waals surface area contributed by atoms with Gasteiger partial charge in [0.05, 0.1) is 27.4 Å². The fraction of sp³-hybridized carbons (Fsp3) is 0.321. The first-order chi connectivity index (χ1) is 33.7.